The SMILES string of the molecule is Cc1cc2c(cc1N1c3cc4oc5ccccc5c4c4c3B(c3sc5cc6c(cc5c31)C(C)(C)CCC6(C)C)N(c1ccc3c(c1)C(C)(C)CCC3(C)C)c1ccc(-c3ccccc3)cc1-4)C(C)(C)CCC2(C)C. The fourth-order valence-electron chi connectivity index (χ4n) is 14.8. The Labute approximate surface area is 444 Å². The maximum absolute atomic E-state index is 7.18. The van der Waals surface area contributed by atoms with Crippen LogP contribution in [0.2, 0.25) is 0 Å². The van der Waals surface area contributed by atoms with Gasteiger partial charge in [-0.15, -0.1) is 11.3 Å². The highest BCUT2D eigenvalue weighted by molar-refractivity contribution is 7.32. The molecule has 0 spiro atoms. The predicted molar refractivity (Wildman–Crippen MR) is 319 cm³/mol. The van der Waals surface area contributed by atoms with Gasteiger partial charge < -0.3 is 14.1 Å². The van der Waals surface area contributed by atoms with E-state index in [0.717, 1.165) is 24.0 Å². The average molecular weight is 987 g/mol. The van der Waals surface area contributed by atoms with E-state index in [-0.39, 0.29) is 39.3 Å². The number of fused-ring (bicyclic) bond motifs is 13. The minimum atomic E-state index is -0.124. The number of rotatable bonds is 3. The van der Waals surface area contributed by atoms with Crippen LogP contribution in [0.5, 0.6) is 0 Å². The van der Waals surface area contributed by atoms with Crippen molar-refractivity contribution in [2.45, 2.75) is 161 Å². The third kappa shape index (κ3) is 6.44. The van der Waals surface area contributed by atoms with Crippen LogP contribution in [-0.4, -0.2) is 6.85 Å². The summed E-state index contributed by atoms with van der Waals surface area (Å²) in [5.41, 5.74) is 25.2. The highest BCUT2D eigenvalue weighted by Crippen LogP contribution is 2.58. The van der Waals surface area contributed by atoms with Crippen LogP contribution in [0.3, 0.4) is 0 Å². The second kappa shape index (κ2) is 15.1. The van der Waals surface area contributed by atoms with Crippen molar-refractivity contribution in [3.63, 3.8) is 0 Å². The summed E-state index contributed by atoms with van der Waals surface area (Å²) in [5, 5.41) is 3.74. The first kappa shape index (κ1) is 46.5. The summed E-state index contributed by atoms with van der Waals surface area (Å²) >= 11 is 2.05. The lowest BCUT2D eigenvalue weighted by Gasteiger charge is -2.47. The van der Waals surface area contributed by atoms with Crippen molar-refractivity contribution >= 4 is 88.9 Å². The molecular formula is C69H71BN2OS. The quantitative estimate of drug-likeness (QED) is 0.165. The number of hydrogen-bond donors (Lipinski definition) is 0. The smallest absolute Gasteiger partial charge is 0.343 e. The molecule has 5 aliphatic rings. The lowest BCUT2D eigenvalue weighted by atomic mass is 9.46. The van der Waals surface area contributed by atoms with Crippen molar-refractivity contribution < 1.29 is 4.42 Å². The first-order valence-electron chi connectivity index (χ1n) is 27.7. The zero-order chi connectivity index (χ0) is 51.4. The van der Waals surface area contributed by atoms with E-state index in [9.17, 15) is 0 Å². The molecule has 0 unspecified atom stereocenters. The third-order valence-corrected chi connectivity index (χ3v) is 20.9. The van der Waals surface area contributed by atoms with Crippen LogP contribution in [0.15, 0.2) is 126 Å². The summed E-state index contributed by atoms with van der Waals surface area (Å²) in [6.45, 7) is 32.0. The van der Waals surface area contributed by atoms with Gasteiger partial charge in [0.1, 0.15) is 11.2 Å². The van der Waals surface area contributed by atoms with E-state index in [1.807, 2.05) is 0 Å². The van der Waals surface area contributed by atoms with E-state index in [2.05, 4.69) is 232 Å². The zero-order valence-electron chi connectivity index (χ0n) is 46.1. The van der Waals surface area contributed by atoms with Gasteiger partial charge in [0.25, 0.3) is 0 Å². The number of hydrogen-bond acceptors (Lipinski definition) is 4. The van der Waals surface area contributed by atoms with E-state index in [1.165, 1.54) is 146 Å². The monoisotopic (exact) mass is 987 g/mol. The number of anilines is 5. The van der Waals surface area contributed by atoms with Gasteiger partial charge in [-0.3, -0.25) is 0 Å². The van der Waals surface area contributed by atoms with E-state index in [4.69, 9.17) is 4.42 Å². The van der Waals surface area contributed by atoms with E-state index >= 15 is 0 Å². The van der Waals surface area contributed by atoms with Crippen LogP contribution in [0.4, 0.5) is 28.4 Å². The molecule has 3 nitrogen and oxygen atoms in total. The van der Waals surface area contributed by atoms with Crippen LogP contribution in [0, 0.1) is 6.92 Å². The maximum Gasteiger partial charge on any atom is 0.343 e. The van der Waals surface area contributed by atoms with Crippen molar-refractivity contribution in [3.8, 4) is 22.3 Å². The molecule has 4 heterocycles. The van der Waals surface area contributed by atoms with Gasteiger partial charge in [-0.25, -0.2) is 0 Å². The molecule has 74 heavy (non-hydrogen) atoms. The molecule has 7 aromatic carbocycles. The minimum Gasteiger partial charge on any atom is -0.456 e. The molecule has 0 atom stereocenters. The Bertz CT molecular complexity index is 3900. The number of nitrogens with zero attached hydrogens (tertiary/aromatic N) is 2. The Balaban J connectivity index is 1.17. The molecule has 0 saturated heterocycles. The van der Waals surface area contributed by atoms with Crippen molar-refractivity contribution in [1.29, 1.82) is 0 Å². The summed E-state index contributed by atoms with van der Waals surface area (Å²) in [6.07, 6.45) is 7.04. The molecular weight excluding hydrogens is 916 g/mol. The number of aryl methyl sites for hydroxylation is 1. The van der Waals surface area contributed by atoms with Crippen LogP contribution in [-0.2, 0) is 32.5 Å². The van der Waals surface area contributed by atoms with Crippen LogP contribution in [0.1, 0.15) is 161 Å². The number of para-hydroxylation sites is 1. The highest BCUT2D eigenvalue weighted by Gasteiger charge is 2.50. The standard InChI is InChI=1S/C69H71BN2OS/c1-40-33-48-51(68(10,11)31-29-65(48,4)5)37-54(40)71-55-39-57-59(44-21-17-18-22-56(44)73-57)60-45-34-42(41-19-15-14-16-20-41)23-26-53(45)72(43-24-25-47-49(35-43)66(6,7)28-27-64(47,2)3)70(61(55)60)63-62(71)46-36-50-52(38-58(46)74-63)69(12,13)32-30-67(50,8)9/h14-26,33-39H,27-32H2,1-13H3. The van der Waals surface area contributed by atoms with E-state index in [0.29, 0.717) is 0 Å². The zero-order valence-corrected chi connectivity index (χ0v) is 46.9. The second-order valence-corrected chi connectivity index (χ2v) is 28.4. The number of benzene rings is 7. The third-order valence-electron chi connectivity index (χ3n) is 19.7. The van der Waals surface area contributed by atoms with Crippen LogP contribution < -0.4 is 20.0 Å². The molecule has 5 heteroatoms. The minimum absolute atomic E-state index is 0.0281. The average Bonchev–Trinajstić information content (AvgIpc) is 3.95. The maximum atomic E-state index is 7.18. The van der Waals surface area contributed by atoms with Gasteiger partial charge in [0.2, 0.25) is 0 Å². The summed E-state index contributed by atoms with van der Waals surface area (Å²) in [5.74, 6) is 0. The topological polar surface area (TPSA) is 19.6 Å². The molecule has 9 aromatic rings. The summed E-state index contributed by atoms with van der Waals surface area (Å²) in [6, 6.07) is 47.7. The lowest BCUT2D eigenvalue weighted by molar-refractivity contribution is 0.332. The summed E-state index contributed by atoms with van der Waals surface area (Å²) in [4.78, 5) is 5.53. The molecule has 2 aliphatic heterocycles. The molecule has 0 fully saturated rings. The molecule has 0 radical (unpaired) electrons. The number of furan rings is 1. The molecule has 372 valence electrons. The number of thiophene rings is 1. The van der Waals surface area contributed by atoms with E-state index < -0.39 is 0 Å². The van der Waals surface area contributed by atoms with Gasteiger partial charge >= 0.3 is 6.85 Å². The fourth-order valence-corrected chi connectivity index (χ4v) is 16.1. The molecule has 0 bridgehead atoms. The van der Waals surface area contributed by atoms with Crippen LogP contribution >= 0.6 is 11.3 Å². The molecule has 0 saturated carbocycles. The molecule has 14 rings (SSSR count). The Hall–Kier alpha value is -6.04. The molecule has 2 aromatic heterocycles. The van der Waals surface area contributed by atoms with Gasteiger partial charge in [-0.1, -0.05) is 150 Å². The van der Waals surface area contributed by atoms with E-state index in [1.54, 1.807) is 0 Å². The van der Waals surface area contributed by atoms with Gasteiger partial charge in [-0.2, -0.15) is 0 Å². The normalized spacial score (nSPS) is 19.9. The fraction of sp³-hybridized carbons (Fsp3) is 0.362. The van der Waals surface area contributed by atoms with Gasteiger partial charge in [-0.05, 0) is 188 Å². The van der Waals surface area contributed by atoms with Crippen molar-refractivity contribution in [3.05, 3.63) is 160 Å². The van der Waals surface area contributed by atoms with Gasteiger partial charge in [0.15, 0.2) is 0 Å². The Morgan fingerprint density at radius 3 is 1.73 bits per heavy atom. The highest BCUT2D eigenvalue weighted by atomic mass is 32.1. The molecule has 3 aliphatic carbocycles. The predicted octanol–water partition coefficient (Wildman–Crippen LogP) is 18.5. The summed E-state index contributed by atoms with van der Waals surface area (Å²) in [7, 11) is 0. The van der Waals surface area contributed by atoms with Crippen molar-refractivity contribution in [2.24, 2.45) is 0 Å². The Morgan fingerprint density at radius 2 is 1.05 bits per heavy atom. The molecule has 0 amide bonds. The first-order chi connectivity index (χ1) is 35.0. The Kier molecular flexibility index (Phi) is 9.48. The summed E-state index contributed by atoms with van der Waals surface area (Å²) < 4.78 is 9.96. The van der Waals surface area contributed by atoms with Crippen molar-refractivity contribution in [2.75, 3.05) is 9.71 Å². The first-order valence-corrected chi connectivity index (χ1v) is 28.6. The van der Waals surface area contributed by atoms with Gasteiger partial charge in [0.05, 0.1) is 5.69 Å². The largest absolute Gasteiger partial charge is 0.456 e. The second-order valence-electron chi connectivity index (χ2n) is 27.3. The van der Waals surface area contributed by atoms with Crippen molar-refractivity contribution in [1.82, 2.24) is 0 Å². The Morgan fingerprint density at radius 1 is 0.473 bits per heavy atom. The van der Waals surface area contributed by atoms with Crippen LogP contribution in [0.25, 0.3) is 54.3 Å². The lowest BCUT2D eigenvalue weighted by Crippen LogP contribution is -2.60. The van der Waals surface area contributed by atoms with Gasteiger partial charge in [0, 0.05) is 60.0 Å². The molecule has 0 N–H and O–H groups in total.